The molecule has 0 unspecified atom stereocenters. The molecule has 0 radical (unpaired) electrons. The number of amides is 1. The van der Waals surface area contributed by atoms with E-state index < -0.39 is 0 Å². The number of aromatic nitrogens is 3. The van der Waals surface area contributed by atoms with Crippen molar-refractivity contribution in [2.75, 3.05) is 23.3 Å². The topological polar surface area (TPSA) is 83.3 Å². The molecule has 1 aromatic carbocycles. The number of aliphatic hydroxyl groups is 1. The minimum Gasteiger partial charge on any atom is -0.392 e. The van der Waals surface area contributed by atoms with E-state index >= 15 is 0 Å². The fourth-order valence-electron chi connectivity index (χ4n) is 4.14. The van der Waals surface area contributed by atoms with Crippen LogP contribution in [0, 0.1) is 5.92 Å². The summed E-state index contributed by atoms with van der Waals surface area (Å²) >= 11 is 0. The Morgan fingerprint density at radius 2 is 1.93 bits per heavy atom. The lowest BCUT2D eigenvalue weighted by Crippen LogP contribution is -2.36. The first-order chi connectivity index (χ1) is 14.2. The second-order valence-corrected chi connectivity index (χ2v) is 7.96. The summed E-state index contributed by atoms with van der Waals surface area (Å²) in [7, 11) is 0. The van der Waals surface area contributed by atoms with Crippen molar-refractivity contribution in [3.05, 3.63) is 48.2 Å². The van der Waals surface area contributed by atoms with Gasteiger partial charge in [0.25, 0.3) is 0 Å². The van der Waals surface area contributed by atoms with Gasteiger partial charge >= 0.3 is 0 Å². The third kappa shape index (κ3) is 3.58. The molecule has 0 spiro atoms. The molecule has 0 atom stereocenters. The van der Waals surface area contributed by atoms with Gasteiger partial charge in [0.1, 0.15) is 11.6 Å². The third-order valence-electron chi connectivity index (χ3n) is 5.93. The molecule has 0 bridgehead atoms. The molecule has 2 aliphatic rings. The van der Waals surface area contributed by atoms with E-state index in [-0.39, 0.29) is 24.5 Å². The average Bonchev–Trinajstić information content (AvgIpc) is 3.52. The van der Waals surface area contributed by atoms with E-state index in [2.05, 4.69) is 15.3 Å². The van der Waals surface area contributed by atoms with E-state index in [0.29, 0.717) is 0 Å². The Labute approximate surface area is 169 Å². The standard InChI is InChI=1S/C22H25N5O2/c28-14-17-13-16-3-1-2-4-19(16)24-21(17)26-11-8-18(9-12-26)27-20(7-10-23-27)25-22(29)15-5-6-15/h1-4,7,10,13,15,18,28H,5-6,8-9,11-12,14H2,(H,25,29). The lowest BCUT2D eigenvalue weighted by Gasteiger charge is -2.34. The van der Waals surface area contributed by atoms with E-state index in [9.17, 15) is 9.90 Å². The van der Waals surface area contributed by atoms with Crippen molar-refractivity contribution in [3.63, 3.8) is 0 Å². The average molecular weight is 391 g/mol. The summed E-state index contributed by atoms with van der Waals surface area (Å²) in [5.74, 6) is 1.95. The SMILES string of the molecule is O=C(Nc1ccnn1C1CCN(c2nc3ccccc3cc2CO)CC1)C1CC1. The van der Waals surface area contributed by atoms with Crippen LogP contribution in [0.4, 0.5) is 11.6 Å². The number of hydrogen-bond donors (Lipinski definition) is 2. The van der Waals surface area contributed by atoms with Crippen LogP contribution in [0.25, 0.3) is 10.9 Å². The van der Waals surface area contributed by atoms with Crippen LogP contribution in [0.3, 0.4) is 0 Å². The zero-order valence-electron chi connectivity index (χ0n) is 16.3. The van der Waals surface area contributed by atoms with Crippen molar-refractivity contribution in [1.29, 1.82) is 0 Å². The number of benzene rings is 1. The van der Waals surface area contributed by atoms with Crippen LogP contribution in [0.5, 0.6) is 0 Å². The molecule has 7 nitrogen and oxygen atoms in total. The van der Waals surface area contributed by atoms with Gasteiger partial charge in [-0.1, -0.05) is 18.2 Å². The van der Waals surface area contributed by atoms with Crippen LogP contribution in [0.15, 0.2) is 42.6 Å². The Kier molecular flexibility index (Phi) is 4.67. The molecule has 2 aromatic heterocycles. The van der Waals surface area contributed by atoms with Crippen LogP contribution in [0.2, 0.25) is 0 Å². The molecule has 29 heavy (non-hydrogen) atoms. The largest absolute Gasteiger partial charge is 0.392 e. The van der Waals surface area contributed by atoms with Crippen molar-refractivity contribution >= 4 is 28.4 Å². The third-order valence-corrected chi connectivity index (χ3v) is 5.93. The van der Waals surface area contributed by atoms with Gasteiger partial charge in [-0.3, -0.25) is 4.79 Å². The summed E-state index contributed by atoms with van der Waals surface area (Å²) in [4.78, 5) is 19.2. The smallest absolute Gasteiger partial charge is 0.228 e. The Hall–Kier alpha value is -2.93. The lowest BCUT2D eigenvalue weighted by molar-refractivity contribution is -0.117. The van der Waals surface area contributed by atoms with Crippen molar-refractivity contribution in [2.24, 2.45) is 5.92 Å². The molecular formula is C22H25N5O2. The van der Waals surface area contributed by atoms with Gasteiger partial charge in [0, 0.05) is 36.0 Å². The van der Waals surface area contributed by atoms with Gasteiger partial charge in [-0.15, -0.1) is 0 Å². The van der Waals surface area contributed by atoms with Gasteiger partial charge in [-0.25, -0.2) is 9.67 Å². The van der Waals surface area contributed by atoms with E-state index in [1.54, 1.807) is 6.20 Å². The van der Waals surface area contributed by atoms with Gasteiger partial charge in [0.2, 0.25) is 5.91 Å². The zero-order chi connectivity index (χ0) is 19.8. The second kappa shape index (κ2) is 7.48. The first-order valence-electron chi connectivity index (χ1n) is 10.3. The summed E-state index contributed by atoms with van der Waals surface area (Å²) < 4.78 is 1.96. The highest BCUT2D eigenvalue weighted by Crippen LogP contribution is 2.33. The molecule has 2 fully saturated rings. The highest BCUT2D eigenvalue weighted by atomic mass is 16.3. The van der Waals surface area contributed by atoms with Crippen LogP contribution in [-0.4, -0.2) is 38.9 Å². The number of aliphatic hydroxyl groups excluding tert-OH is 1. The number of nitrogens with one attached hydrogen (secondary N) is 1. The van der Waals surface area contributed by atoms with Crippen LogP contribution >= 0.6 is 0 Å². The molecule has 1 amide bonds. The summed E-state index contributed by atoms with van der Waals surface area (Å²) in [5.41, 5.74) is 1.80. The Morgan fingerprint density at radius 3 is 2.69 bits per heavy atom. The zero-order valence-corrected chi connectivity index (χ0v) is 16.3. The highest BCUT2D eigenvalue weighted by molar-refractivity contribution is 5.93. The number of anilines is 2. The number of rotatable bonds is 5. The fourth-order valence-corrected chi connectivity index (χ4v) is 4.14. The number of piperidine rings is 1. The number of nitrogens with zero attached hydrogens (tertiary/aromatic N) is 4. The molecule has 1 aliphatic heterocycles. The number of para-hydroxylation sites is 1. The number of fused-ring (bicyclic) bond motifs is 1. The first-order valence-corrected chi connectivity index (χ1v) is 10.3. The molecule has 1 aliphatic carbocycles. The normalized spacial score (nSPS) is 17.6. The van der Waals surface area contributed by atoms with Gasteiger partial charge in [-0.05, 0) is 37.8 Å². The van der Waals surface area contributed by atoms with Crippen LogP contribution < -0.4 is 10.2 Å². The van der Waals surface area contributed by atoms with Crippen molar-refractivity contribution in [2.45, 2.75) is 38.3 Å². The lowest BCUT2D eigenvalue weighted by atomic mass is 10.0. The summed E-state index contributed by atoms with van der Waals surface area (Å²) in [6.07, 6.45) is 5.55. The molecule has 5 rings (SSSR count). The predicted molar refractivity (Wildman–Crippen MR) is 112 cm³/mol. The molecule has 7 heteroatoms. The van der Waals surface area contributed by atoms with Crippen molar-refractivity contribution in [1.82, 2.24) is 14.8 Å². The summed E-state index contributed by atoms with van der Waals surface area (Å²) in [5, 5.41) is 18.4. The van der Waals surface area contributed by atoms with E-state index in [4.69, 9.17) is 4.98 Å². The maximum absolute atomic E-state index is 12.1. The first kappa shape index (κ1) is 18.1. The predicted octanol–water partition coefficient (Wildman–Crippen LogP) is 3.11. The van der Waals surface area contributed by atoms with Gasteiger partial charge in [0.15, 0.2) is 0 Å². The number of carbonyl (C=O) groups excluding carboxylic acids is 1. The molecule has 3 aromatic rings. The molecule has 1 saturated carbocycles. The summed E-state index contributed by atoms with van der Waals surface area (Å²) in [6, 6.07) is 12.1. The van der Waals surface area contributed by atoms with Crippen LogP contribution in [-0.2, 0) is 11.4 Å². The van der Waals surface area contributed by atoms with Gasteiger partial charge in [-0.2, -0.15) is 5.10 Å². The number of carbonyl (C=O) groups is 1. The highest BCUT2D eigenvalue weighted by Gasteiger charge is 2.31. The molecule has 1 saturated heterocycles. The molecule has 3 heterocycles. The minimum atomic E-state index is -0.0242. The van der Waals surface area contributed by atoms with Crippen LogP contribution in [0.1, 0.15) is 37.3 Å². The maximum atomic E-state index is 12.1. The van der Waals surface area contributed by atoms with E-state index in [0.717, 1.165) is 66.9 Å². The Balaban J connectivity index is 1.32. The molecule has 2 N–H and O–H groups in total. The molecular weight excluding hydrogens is 366 g/mol. The molecule has 150 valence electrons. The van der Waals surface area contributed by atoms with Gasteiger partial charge in [0.05, 0.1) is 24.4 Å². The van der Waals surface area contributed by atoms with E-state index in [1.807, 2.05) is 41.1 Å². The quantitative estimate of drug-likeness (QED) is 0.698. The number of hydrogen-bond acceptors (Lipinski definition) is 5. The van der Waals surface area contributed by atoms with Gasteiger partial charge < -0.3 is 15.3 Å². The Morgan fingerprint density at radius 1 is 1.14 bits per heavy atom. The number of pyridine rings is 1. The minimum absolute atomic E-state index is 0.0242. The van der Waals surface area contributed by atoms with Crippen molar-refractivity contribution < 1.29 is 9.90 Å². The Bertz CT molecular complexity index is 1030. The van der Waals surface area contributed by atoms with E-state index in [1.165, 1.54) is 0 Å². The fraction of sp³-hybridized carbons (Fsp3) is 0.409. The monoisotopic (exact) mass is 391 g/mol. The second-order valence-electron chi connectivity index (χ2n) is 7.96. The summed E-state index contributed by atoms with van der Waals surface area (Å²) in [6.45, 7) is 1.64. The van der Waals surface area contributed by atoms with Crippen molar-refractivity contribution in [3.8, 4) is 0 Å². The maximum Gasteiger partial charge on any atom is 0.228 e.